The van der Waals surface area contributed by atoms with E-state index < -0.39 is 6.04 Å². The molecule has 5 nitrogen and oxygen atoms in total. The molecule has 112 valence electrons. The summed E-state index contributed by atoms with van der Waals surface area (Å²) in [6.45, 7) is 3.94. The van der Waals surface area contributed by atoms with Crippen LogP contribution in [0.1, 0.15) is 25.8 Å². The van der Waals surface area contributed by atoms with Crippen molar-refractivity contribution in [3.8, 4) is 0 Å². The van der Waals surface area contributed by atoms with Crippen LogP contribution in [0.5, 0.6) is 0 Å². The number of amides is 2. The number of hydrogen-bond donors (Lipinski definition) is 3. The van der Waals surface area contributed by atoms with Gasteiger partial charge in [-0.1, -0.05) is 32.4 Å². The first-order valence-corrected chi connectivity index (χ1v) is 6.37. The number of nitrogens with one attached hydrogen (secondary N) is 1. The number of carbonyl (C=O) groups is 2. The number of halogens is 1. The smallest absolute Gasteiger partial charge is 0.241 e. The van der Waals surface area contributed by atoms with E-state index in [1.54, 1.807) is 24.3 Å². The Hall–Kier alpha value is -1.59. The van der Waals surface area contributed by atoms with Gasteiger partial charge in [0.15, 0.2) is 0 Å². The van der Waals surface area contributed by atoms with Crippen molar-refractivity contribution in [1.29, 1.82) is 0 Å². The summed E-state index contributed by atoms with van der Waals surface area (Å²) >= 11 is 0. The Morgan fingerprint density at radius 3 is 2.25 bits per heavy atom. The summed E-state index contributed by atoms with van der Waals surface area (Å²) in [5, 5.41) is 2.76. The molecule has 1 rings (SSSR count). The highest BCUT2D eigenvalue weighted by molar-refractivity contribution is 5.94. The van der Waals surface area contributed by atoms with Crippen LogP contribution >= 0.6 is 12.4 Å². The zero-order valence-electron chi connectivity index (χ0n) is 11.8. The molecule has 0 spiro atoms. The maximum absolute atomic E-state index is 11.9. The van der Waals surface area contributed by atoms with Gasteiger partial charge < -0.3 is 16.8 Å². The van der Waals surface area contributed by atoms with Crippen molar-refractivity contribution in [3.63, 3.8) is 0 Å². The van der Waals surface area contributed by atoms with Gasteiger partial charge in [0, 0.05) is 5.69 Å². The van der Waals surface area contributed by atoms with Crippen molar-refractivity contribution in [1.82, 2.24) is 0 Å². The van der Waals surface area contributed by atoms with E-state index in [9.17, 15) is 9.59 Å². The van der Waals surface area contributed by atoms with Crippen LogP contribution in [0.4, 0.5) is 5.69 Å². The molecule has 20 heavy (non-hydrogen) atoms. The highest BCUT2D eigenvalue weighted by Gasteiger charge is 2.19. The molecule has 0 heterocycles. The molecule has 0 aliphatic carbocycles. The summed E-state index contributed by atoms with van der Waals surface area (Å²) in [5.74, 6) is -0.443. The third-order valence-electron chi connectivity index (χ3n) is 3.16. The Balaban J connectivity index is 0.00000361. The lowest BCUT2D eigenvalue weighted by Crippen LogP contribution is -2.40. The first-order chi connectivity index (χ1) is 8.93. The lowest BCUT2D eigenvalue weighted by Gasteiger charge is -2.17. The summed E-state index contributed by atoms with van der Waals surface area (Å²) in [6.07, 6.45) is 1.05. The van der Waals surface area contributed by atoms with Crippen LogP contribution in [0.25, 0.3) is 0 Å². The van der Waals surface area contributed by atoms with Crippen LogP contribution < -0.4 is 16.8 Å². The minimum atomic E-state index is -0.518. The van der Waals surface area contributed by atoms with E-state index in [-0.39, 0.29) is 36.6 Å². The summed E-state index contributed by atoms with van der Waals surface area (Å²) in [7, 11) is 0. The van der Waals surface area contributed by atoms with Gasteiger partial charge in [-0.25, -0.2) is 0 Å². The van der Waals surface area contributed by atoms with Gasteiger partial charge in [-0.05, 0) is 23.6 Å². The van der Waals surface area contributed by atoms with E-state index in [4.69, 9.17) is 11.5 Å². The van der Waals surface area contributed by atoms with Gasteiger partial charge in [-0.15, -0.1) is 12.4 Å². The van der Waals surface area contributed by atoms with E-state index in [0.717, 1.165) is 12.0 Å². The van der Waals surface area contributed by atoms with E-state index in [0.29, 0.717) is 5.69 Å². The Morgan fingerprint density at radius 1 is 1.25 bits per heavy atom. The largest absolute Gasteiger partial charge is 0.369 e. The van der Waals surface area contributed by atoms with E-state index in [1.807, 2.05) is 13.8 Å². The molecular formula is C14H22ClN3O2. The second kappa shape index (κ2) is 8.55. The SMILES string of the molecule is CCC(C)C(N)C(=O)Nc1ccc(CC(N)=O)cc1.Cl. The summed E-state index contributed by atoms with van der Waals surface area (Å²) < 4.78 is 0. The van der Waals surface area contributed by atoms with Crippen molar-refractivity contribution >= 4 is 29.9 Å². The number of anilines is 1. The van der Waals surface area contributed by atoms with Crippen molar-refractivity contribution in [2.75, 3.05) is 5.32 Å². The number of carbonyl (C=O) groups excluding carboxylic acids is 2. The highest BCUT2D eigenvalue weighted by Crippen LogP contribution is 2.12. The molecule has 2 atom stereocenters. The molecule has 2 unspecified atom stereocenters. The fourth-order valence-electron chi connectivity index (χ4n) is 1.65. The van der Waals surface area contributed by atoms with Crippen molar-refractivity contribution in [2.45, 2.75) is 32.7 Å². The number of primary amides is 1. The van der Waals surface area contributed by atoms with Crippen LogP contribution in [0.2, 0.25) is 0 Å². The zero-order chi connectivity index (χ0) is 14.4. The molecule has 5 N–H and O–H groups in total. The third-order valence-corrected chi connectivity index (χ3v) is 3.16. The number of nitrogens with two attached hydrogens (primary N) is 2. The molecule has 1 aromatic rings. The van der Waals surface area contributed by atoms with Gasteiger partial charge in [0.1, 0.15) is 0 Å². The monoisotopic (exact) mass is 299 g/mol. The first kappa shape index (κ1) is 18.4. The summed E-state index contributed by atoms with van der Waals surface area (Å²) in [4.78, 5) is 22.6. The molecule has 6 heteroatoms. The predicted molar refractivity (Wildman–Crippen MR) is 82.6 cm³/mol. The molecule has 0 saturated heterocycles. The third kappa shape index (κ3) is 5.59. The molecule has 0 fully saturated rings. The van der Waals surface area contributed by atoms with E-state index >= 15 is 0 Å². The lowest BCUT2D eigenvalue weighted by atomic mass is 9.99. The molecule has 0 aliphatic heterocycles. The number of rotatable bonds is 6. The van der Waals surface area contributed by atoms with E-state index in [2.05, 4.69) is 5.32 Å². The van der Waals surface area contributed by atoms with Crippen LogP contribution in [0, 0.1) is 5.92 Å². The topological polar surface area (TPSA) is 98.2 Å². The van der Waals surface area contributed by atoms with Crippen LogP contribution in [-0.4, -0.2) is 17.9 Å². The predicted octanol–water partition coefficient (Wildman–Crippen LogP) is 1.45. The van der Waals surface area contributed by atoms with Gasteiger partial charge in [-0.2, -0.15) is 0 Å². The van der Waals surface area contributed by atoms with Crippen molar-refractivity contribution in [2.24, 2.45) is 17.4 Å². The van der Waals surface area contributed by atoms with Crippen molar-refractivity contribution < 1.29 is 9.59 Å². The average molecular weight is 300 g/mol. The van der Waals surface area contributed by atoms with Crippen LogP contribution in [-0.2, 0) is 16.0 Å². The Morgan fingerprint density at radius 2 is 1.80 bits per heavy atom. The number of benzene rings is 1. The average Bonchev–Trinajstić information content (AvgIpc) is 2.38. The van der Waals surface area contributed by atoms with Crippen molar-refractivity contribution in [3.05, 3.63) is 29.8 Å². The van der Waals surface area contributed by atoms with Gasteiger partial charge in [-0.3, -0.25) is 9.59 Å². The minimum absolute atomic E-state index is 0. The van der Waals surface area contributed by atoms with Gasteiger partial charge >= 0.3 is 0 Å². The van der Waals surface area contributed by atoms with E-state index in [1.165, 1.54) is 0 Å². The molecule has 2 amide bonds. The number of hydrogen-bond acceptors (Lipinski definition) is 3. The molecule has 0 bridgehead atoms. The quantitative estimate of drug-likeness (QED) is 0.741. The van der Waals surface area contributed by atoms with Crippen LogP contribution in [0.3, 0.4) is 0 Å². The fraction of sp³-hybridized carbons (Fsp3) is 0.429. The molecule has 0 aliphatic rings. The standard InChI is InChI=1S/C14H21N3O2.ClH/c1-3-9(2)13(16)14(19)17-11-6-4-10(5-7-11)8-12(15)18;/h4-7,9,13H,3,8,16H2,1-2H3,(H2,15,18)(H,17,19);1H. The first-order valence-electron chi connectivity index (χ1n) is 6.37. The fourth-order valence-corrected chi connectivity index (χ4v) is 1.65. The summed E-state index contributed by atoms with van der Waals surface area (Å²) in [6, 6.07) is 6.47. The zero-order valence-corrected chi connectivity index (χ0v) is 12.6. The molecule has 0 radical (unpaired) electrons. The van der Waals surface area contributed by atoms with Gasteiger partial charge in [0.25, 0.3) is 0 Å². The minimum Gasteiger partial charge on any atom is -0.369 e. The maximum atomic E-state index is 11.9. The molecule has 1 aromatic carbocycles. The second-order valence-electron chi connectivity index (χ2n) is 4.74. The van der Waals surface area contributed by atoms with Crippen LogP contribution in [0.15, 0.2) is 24.3 Å². The molecular weight excluding hydrogens is 278 g/mol. The summed E-state index contributed by atoms with van der Waals surface area (Å²) in [5.41, 5.74) is 12.4. The Kier molecular flexibility index (Phi) is 7.87. The highest BCUT2D eigenvalue weighted by atomic mass is 35.5. The lowest BCUT2D eigenvalue weighted by molar-refractivity contribution is -0.118. The molecule has 0 aromatic heterocycles. The Labute approximate surface area is 125 Å². The van der Waals surface area contributed by atoms with Gasteiger partial charge in [0.2, 0.25) is 11.8 Å². The molecule has 0 saturated carbocycles. The second-order valence-corrected chi connectivity index (χ2v) is 4.74. The Bertz CT molecular complexity index is 448. The maximum Gasteiger partial charge on any atom is 0.241 e. The normalized spacial score (nSPS) is 12.9. The van der Waals surface area contributed by atoms with Gasteiger partial charge in [0.05, 0.1) is 12.5 Å².